The van der Waals surface area contributed by atoms with Crippen molar-refractivity contribution in [1.82, 2.24) is 0 Å². The molecule has 0 unspecified atom stereocenters. The highest BCUT2D eigenvalue weighted by Crippen LogP contribution is 2.15. The second-order valence-electron chi connectivity index (χ2n) is 4.21. The molecule has 0 radical (unpaired) electrons. The van der Waals surface area contributed by atoms with Crippen LogP contribution in [0.4, 0.5) is 5.69 Å². The molecule has 0 aromatic heterocycles. The van der Waals surface area contributed by atoms with Gasteiger partial charge in [-0.3, -0.25) is 4.79 Å². The molecule has 16 heavy (non-hydrogen) atoms. The second-order valence-corrected chi connectivity index (χ2v) is 4.21. The molecular weight excluding hydrogens is 202 g/mol. The van der Waals surface area contributed by atoms with Crippen molar-refractivity contribution in [1.29, 1.82) is 0 Å². The Hall–Kier alpha value is -1.51. The molecule has 3 nitrogen and oxygen atoms in total. The van der Waals surface area contributed by atoms with Gasteiger partial charge in [0.05, 0.1) is 6.10 Å². The van der Waals surface area contributed by atoms with Crippen LogP contribution >= 0.6 is 0 Å². The summed E-state index contributed by atoms with van der Waals surface area (Å²) in [5, 5.41) is 3.08. The molecule has 0 bridgehead atoms. The molecule has 0 aliphatic rings. The van der Waals surface area contributed by atoms with Gasteiger partial charge in [0.2, 0.25) is 0 Å². The molecule has 88 valence electrons. The van der Waals surface area contributed by atoms with Crippen molar-refractivity contribution in [2.24, 2.45) is 0 Å². The summed E-state index contributed by atoms with van der Waals surface area (Å²) >= 11 is 0. The molecular formula is C13H19NO2. The number of anilines is 1. The summed E-state index contributed by atoms with van der Waals surface area (Å²) in [6.07, 6.45) is -0.0621. The summed E-state index contributed by atoms with van der Waals surface area (Å²) < 4.78 is 5.04. The van der Waals surface area contributed by atoms with Gasteiger partial charge in [-0.1, -0.05) is 12.1 Å². The number of nitrogens with one attached hydrogen (secondary N) is 1. The molecule has 0 fully saturated rings. The van der Waals surface area contributed by atoms with Gasteiger partial charge < -0.3 is 10.1 Å². The zero-order chi connectivity index (χ0) is 12.1. The van der Waals surface area contributed by atoms with E-state index >= 15 is 0 Å². The van der Waals surface area contributed by atoms with Crippen LogP contribution < -0.4 is 5.32 Å². The maximum atomic E-state index is 11.3. The minimum atomic E-state index is -0.226. The summed E-state index contributed by atoms with van der Waals surface area (Å²) in [4.78, 5) is 11.3. The highest BCUT2D eigenvalue weighted by Gasteiger charge is 2.06. The van der Waals surface area contributed by atoms with Gasteiger partial charge in [-0.05, 0) is 44.9 Å². The lowest BCUT2D eigenvalue weighted by molar-refractivity contribution is -0.145. The van der Waals surface area contributed by atoms with Gasteiger partial charge in [-0.15, -0.1) is 0 Å². The van der Waals surface area contributed by atoms with Crippen LogP contribution in [0.3, 0.4) is 0 Å². The zero-order valence-corrected chi connectivity index (χ0v) is 10.3. The van der Waals surface area contributed by atoms with E-state index in [4.69, 9.17) is 4.74 Å². The minimum absolute atomic E-state index is 0.0621. The highest BCUT2D eigenvalue weighted by atomic mass is 16.5. The Kier molecular flexibility index (Phi) is 4.35. The van der Waals surface area contributed by atoms with Crippen molar-refractivity contribution in [3.63, 3.8) is 0 Å². The van der Waals surface area contributed by atoms with Crippen LogP contribution in [-0.2, 0) is 9.53 Å². The summed E-state index contributed by atoms with van der Waals surface area (Å²) in [6.45, 7) is 7.93. The van der Waals surface area contributed by atoms with Crippen LogP contribution in [0.15, 0.2) is 18.2 Å². The maximum absolute atomic E-state index is 11.3. The monoisotopic (exact) mass is 221 g/mol. The molecule has 0 spiro atoms. The van der Waals surface area contributed by atoms with Crippen molar-refractivity contribution in [2.45, 2.75) is 33.8 Å². The van der Waals surface area contributed by atoms with E-state index in [1.54, 1.807) is 0 Å². The fraction of sp³-hybridized carbons (Fsp3) is 0.462. The van der Waals surface area contributed by atoms with Crippen LogP contribution in [-0.4, -0.2) is 18.6 Å². The van der Waals surface area contributed by atoms with Crippen molar-refractivity contribution < 1.29 is 9.53 Å². The van der Waals surface area contributed by atoms with E-state index in [1.165, 1.54) is 5.56 Å². The number of carbonyl (C=O) groups excluding carboxylic acids is 1. The molecule has 1 rings (SSSR count). The number of hydrogen-bond acceptors (Lipinski definition) is 3. The molecule has 1 N–H and O–H groups in total. The van der Waals surface area contributed by atoms with Crippen LogP contribution in [0.5, 0.6) is 0 Å². The van der Waals surface area contributed by atoms with Crippen LogP contribution in [0, 0.1) is 13.8 Å². The van der Waals surface area contributed by atoms with Gasteiger partial charge in [0, 0.05) is 5.69 Å². The molecule has 1 aromatic rings. The van der Waals surface area contributed by atoms with Crippen LogP contribution in [0.1, 0.15) is 25.0 Å². The Balaban J connectivity index is 2.54. The molecule has 0 saturated heterocycles. The molecule has 0 saturated carbocycles. The first-order valence-electron chi connectivity index (χ1n) is 5.49. The number of esters is 1. The third-order valence-electron chi connectivity index (χ3n) is 2.18. The molecule has 0 aliphatic carbocycles. The number of hydrogen-bond donors (Lipinski definition) is 1. The fourth-order valence-electron chi connectivity index (χ4n) is 1.40. The predicted octanol–water partition coefficient (Wildman–Crippen LogP) is 2.67. The molecule has 0 heterocycles. The van der Waals surface area contributed by atoms with Crippen LogP contribution in [0.2, 0.25) is 0 Å². The SMILES string of the molecule is Cc1ccc(C)c(NCC(=O)OC(C)C)c1. The van der Waals surface area contributed by atoms with Crippen molar-refractivity contribution in [2.75, 3.05) is 11.9 Å². The molecule has 0 amide bonds. The Labute approximate surface area is 96.8 Å². The first-order valence-corrected chi connectivity index (χ1v) is 5.49. The van der Waals surface area contributed by atoms with E-state index in [0.29, 0.717) is 0 Å². The van der Waals surface area contributed by atoms with E-state index in [-0.39, 0.29) is 18.6 Å². The lowest BCUT2D eigenvalue weighted by atomic mass is 10.1. The average molecular weight is 221 g/mol. The normalized spacial score (nSPS) is 10.3. The smallest absolute Gasteiger partial charge is 0.325 e. The summed E-state index contributed by atoms with van der Waals surface area (Å²) in [6, 6.07) is 6.11. The number of ether oxygens (including phenoxy) is 1. The Morgan fingerprint density at radius 2 is 2.06 bits per heavy atom. The summed E-state index contributed by atoms with van der Waals surface area (Å²) in [5.74, 6) is -0.226. The Morgan fingerprint density at radius 3 is 2.69 bits per heavy atom. The number of benzene rings is 1. The van der Waals surface area contributed by atoms with Crippen molar-refractivity contribution in [3.05, 3.63) is 29.3 Å². The average Bonchev–Trinajstić information content (AvgIpc) is 2.18. The number of aryl methyl sites for hydroxylation is 2. The van der Waals surface area contributed by atoms with Gasteiger partial charge in [-0.25, -0.2) is 0 Å². The molecule has 0 aliphatic heterocycles. The number of carbonyl (C=O) groups is 1. The van der Waals surface area contributed by atoms with Crippen molar-refractivity contribution >= 4 is 11.7 Å². The lowest BCUT2D eigenvalue weighted by Gasteiger charge is -2.11. The Bertz CT molecular complexity index is 372. The topological polar surface area (TPSA) is 38.3 Å². The largest absolute Gasteiger partial charge is 0.462 e. The van der Waals surface area contributed by atoms with E-state index in [1.807, 2.05) is 45.9 Å². The summed E-state index contributed by atoms with van der Waals surface area (Å²) in [5.41, 5.74) is 3.29. The van der Waals surface area contributed by atoms with Gasteiger partial charge in [-0.2, -0.15) is 0 Å². The Morgan fingerprint density at radius 1 is 1.38 bits per heavy atom. The number of rotatable bonds is 4. The van der Waals surface area contributed by atoms with Gasteiger partial charge in [0.25, 0.3) is 0 Å². The third-order valence-corrected chi connectivity index (χ3v) is 2.18. The lowest BCUT2D eigenvalue weighted by Crippen LogP contribution is -2.20. The van der Waals surface area contributed by atoms with E-state index in [2.05, 4.69) is 5.32 Å². The highest BCUT2D eigenvalue weighted by molar-refractivity contribution is 5.75. The van der Waals surface area contributed by atoms with E-state index in [0.717, 1.165) is 11.3 Å². The second kappa shape index (κ2) is 5.54. The van der Waals surface area contributed by atoms with Gasteiger partial charge >= 0.3 is 5.97 Å². The van der Waals surface area contributed by atoms with E-state index < -0.39 is 0 Å². The maximum Gasteiger partial charge on any atom is 0.325 e. The fourth-order valence-corrected chi connectivity index (χ4v) is 1.40. The summed E-state index contributed by atoms with van der Waals surface area (Å²) in [7, 11) is 0. The van der Waals surface area contributed by atoms with Gasteiger partial charge in [0.1, 0.15) is 6.54 Å². The van der Waals surface area contributed by atoms with E-state index in [9.17, 15) is 4.79 Å². The first-order chi connectivity index (χ1) is 7.49. The third kappa shape index (κ3) is 3.93. The zero-order valence-electron chi connectivity index (χ0n) is 10.3. The van der Waals surface area contributed by atoms with Crippen LogP contribution in [0.25, 0.3) is 0 Å². The first kappa shape index (κ1) is 12.6. The molecule has 1 aromatic carbocycles. The minimum Gasteiger partial charge on any atom is -0.462 e. The van der Waals surface area contributed by atoms with Gasteiger partial charge in [0.15, 0.2) is 0 Å². The predicted molar refractivity (Wildman–Crippen MR) is 65.6 cm³/mol. The molecule has 0 atom stereocenters. The molecule has 3 heteroatoms. The standard InChI is InChI=1S/C13H19NO2/c1-9(2)16-13(15)8-14-12-7-10(3)5-6-11(12)4/h5-7,9,14H,8H2,1-4H3. The van der Waals surface area contributed by atoms with Crippen molar-refractivity contribution in [3.8, 4) is 0 Å². The quantitative estimate of drug-likeness (QED) is 0.794.